The van der Waals surface area contributed by atoms with Crippen molar-refractivity contribution in [3.63, 3.8) is 0 Å². The van der Waals surface area contributed by atoms with Crippen LogP contribution in [0.4, 0.5) is 10.1 Å². The Hall–Kier alpha value is -2.27. The topological polar surface area (TPSA) is 47.6 Å². The zero-order chi connectivity index (χ0) is 16.1. The average molecular weight is 324 g/mol. The van der Waals surface area contributed by atoms with E-state index in [0.717, 1.165) is 0 Å². The molecule has 0 radical (unpaired) electrons. The molecular weight excluding hydrogens is 309 g/mol. The van der Waals surface area contributed by atoms with Crippen molar-refractivity contribution >= 4 is 23.2 Å². The van der Waals surface area contributed by atoms with Gasteiger partial charge in [-0.25, -0.2) is 4.39 Å². The molecular formula is C16H15ClFNO3. The number of amides is 1. The van der Waals surface area contributed by atoms with E-state index in [2.05, 4.69) is 5.32 Å². The number of nitrogens with one attached hydrogen (secondary N) is 1. The minimum absolute atomic E-state index is 0.0536. The Balaban J connectivity index is 2.20. The Morgan fingerprint density at radius 2 is 2.00 bits per heavy atom. The first-order valence-corrected chi connectivity index (χ1v) is 7.00. The molecule has 1 N–H and O–H groups in total. The number of halogens is 2. The predicted molar refractivity (Wildman–Crippen MR) is 83.5 cm³/mol. The standard InChI is InChI=1S/C16H15ClFNO3/c1-3-22-14-7-4-10(8-15(14)21-2)16(20)19-11-5-6-13(18)12(17)9-11/h4-9H,3H2,1-2H3,(H,19,20). The van der Waals surface area contributed by atoms with Gasteiger partial charge in [-0.3, -0.25) is 4.79 Å². The molecule has 2 rings (SSSR count). The summed E-state index contributed by atoms with van der Waals surface area (Å²) in [5.74, 6) is 0.129. The normalized spacial score (nSPS) is 10.2. The monoisotopic (exact) mass is 323 g/mol. The second-order valence-electron chi connectivity index (χ2n) is 4.38. The first-order valence-electron chi connectivity index (χ1n) is 6.62. The zero-order valence-electron chi connectivity index (χ0n) is 12.2. The number of ether oxygens (including phenoxy) is 2. The Labute approximate surface area is 132 Å². The van der Waals surface area contributed by atoms with Gasteiger partial charge in [0.25, 0.3) is 5.91 Å². The molecule has 0 saturated carbocycles. The van der Waals surface area contributed by atoms with Gasteiger partial charge in [0.05, 0.1) is 18.7 Å². The lowest BCUT2D eigenvalue weighted by atomic mass is 10.2. The first-order chi connectivity index (χ1) is 10.5. The van der Waals surface area contributed by atoms with Gasteiger partial charge in [-0.2, -0.15) is 0 Å². The quantitative estimate of drug-likeness (QED) is 0.899. The first kappa shape index (κ1) is 16.1. The van der Waals surface area contributed by atoms with Crippen LogP contribution in [0, 0.1) is 5.82 Å². The van der Waals surface area contributed by atoms with Gasteiger partial charge < -0.3 is 14.8 Å². The lowest BCUT2D eigenvalue weighted by Gasteiger charge is -2.11. The Kier molecular flexibility index (Phi) is 5.22. The van der Waals surface area contributed by atoms with Crippen molar-refractivity contribution in [2.24, 2.45) is 0 Å². The van der Waals surface area contributed by atoms with Crippen LogP contribution in [0.2, 0.25) is 5.02 Å². The zero-order valence-corrected chi connectivity index (χ0v) is 12.9. The van der Waals surface area contributed by atoms with Gasteiger partial charge in [0, 0.05) is 11.3 Å². The van der Waals surface area contributed by atoms with Crippen molar-refractivity contribution in [1.82, 2.24) is 0 Å². The third-order valence-corrected chi connectivity index (χ3v) is 3.19. The minimum atomic E-state index is -0.539. The fourth-order valence-corrected chi connectivity index (χ4v) is 2.04. The maximum atomic E-state index is 13.1. The summed E-state index contributed by atoms with van der Waals surface area (Å²) in [6, 6.07) is 8.83. The van der Waals surface area contributed by atoms with Gasteiger partial charge in [-0.05, 0) is 43.3 Å². The van der Waals surface area contributed by atoms with E-state index in [9.17, 15) is 9.18 Å². The average Bonchev–Trinajstić information content (AvgIpc) is 2.51. The van der Waals surface area contributed by atoms with E-state index in [1.54, 1.807) is 18.2 Å². The van der Waals surface area contributed by atoms with Crippen molar-refractivity contribution in [3.8, 4) is 11.5 Å². The van der Waals surface area contributed by atoms with Crippen LogP contribution in [-0.4, -0.2) is 19.6 Å². The highest BCUT2D eigenvalue weighted by atomic mass is 35.5. The maximum Gasteiger partial charge on any atom is 0.255 e. The van der Waals surface area contributed by atoms with E-state index >= 15 is 0 Å². The summed E-state index contributed by atoms with van der Waals surface area (Å²) in [6.45, 7) is 2.36. The Bertz CT molecular complexity index is 691. The van der Waals surface area contributed by atoms with Crippen LogP contribution in [0.25, 0.3) is 0 Å². The highest BCUT2D eigenvalue weighted by molar-refractivity contribution is 6.31. The number of methoxy groups -OCH3 is 1. The van der Waals surface area contributed by atoms with Crippen molar-refractivity contribution < 1.29 is 18.7 Å². The van der Waals surface area contributed by atoms with Gasteiger partial charge in [0.1, 0.15) is 5.82 Å². The molecule has 0 heterocycles. The Morgan fingerprint density at radius 3 is 2.64 bits per heavy atom. The molecule has 0 unspecified atom stereocenters. The SMILES string of the molecule is CCOc1ccc(C(=O)Nc2ccc(F)c(Cl)c2)cc1OC. The summed E-state index contributed by atoms with van der Waals surface area (Å²) >= 11 is 5.68. The largest absolute Gasteiger partial charge is 0.493 e. The smallest absolute Gasteiger partial charge is 0.255 e. The van der Waals surface area contributed by atoms with Crippen LogP contribution in [-0.2, 0) is 0 Å². The molecule has 22 heavy (non-hydrogen) atoms. The molecule has 0 fully saturated rings. The number of anilines is 1. The summed E-state index contributed by atoms with van der Waals surface area (Å²) < 4.78 is 23.7. The molecule has 4 nitrogen and oxygen atoms in total. The number of carbonyl (C=O) groups is 1. The van der Waals surface area contributed by atoms with E-state index in [1.165, 1.54) is 25.3 Å². The molecule has 2 aromatic rings. The summed E-state index contributed by atoms with van der Waals surface area (Å²) in [5, 5.41) is 2.59. The van der Waals surface area contributed by atoms with Gasteiger partial charge in [-0.15, -0.1) is 0 Å². The van der Waals surface area contributed by atoms with Crippen LogP contribution >= 0.6 is 11.6 Å². The molecule has 0 saturated heterocycles. The lowest BCUT2D eigenvalue weighted by Crippen LogP contribution is -2.12. The summed E-state index contributed by atoms with van der Waals surface area (Å²) in [7, 11) is 1.50. The van der Waals surface area contributed by atoms with E-state index in [0.29, 0.717) is 29.4 Å². The van der Waals surface area contributed by atoms with E-state index in [-0.39, 0.29) is 10.9 Å². The number of rotatable bonds is 5. The highest BCUT2D eigenvalue weighted by Crippen LogP contribution is 2.28. The van der Waals surface area contributed by atoms with Crippen molar-refractivity contribution in [2.75, 3.05) is 19.0 Å². The molecule has 0 spiro atoms. The van der Waals surface area contributed by atoms with Crippen molar-refractivity contribution in [2.45, 2.75) is 6.92 Å². The molecule has 0 aliphatic heterocycles. The fourth-order valence-electron chi connectivity index (χ4n) is 1.86. The fraction of sp³-hybridized carbons (Fsp3) is 0.188. The molecule has 0 bridgehead atoms. The van der Waals surface area contributed by atoms with Crippen LogP contribution in [0.15, 0.2) is 36.4 Å². The van der Waals surface area contributed by atoms with E-state index < -0.39 is 5.82 Å². The number of hydrogen-bond acceptors (Lipinski definition) is 3. The lowest BCUT2D eigenvalue weighted by molar-refractivity contribution is 0.102. The summed E-state index contributed by atoms with van der Waals surface area (Å²) in [5.41, 5.74) is 0.796. The van der Waals surface area contributed by atoms with Gasteiger partial charge in [0.15, 0.2) is 11.5 Å². The van der Waals surface area contributed by atoms with Crippen molar-refractivity contribution in [3.05, 3.63) is 52.8 Å². The molecule has 0 atom stereocenters. The number of benzene rings is 2. The third-order valence-electron chi connectivity index (χ3n) is 2.90. The number of hydrogen-bond donors (Lipinski definition) is 1. The second-order valence-corrected chi connectivity index (χ2v) is 4.79. The van der Waals surface area contributed by atoms with E-state index in [1.807, 2.05) is 6.92 Å². The highest BCUT2D eigenvalue weighted by Gasteiger charge is 2.12. The molecule has 6 heteroatoms. The van der Waals surface area contributed by atoms with Gasteiger partial charge >= 0.3 is 0 Å². The third kappa shape index (κ3) is 3.68. The van der Waals surface area contributed by atoms with Crippen LogP contribution < -0.4 is 14.8 Å². The molecule has 0 aliphatic carbocycles. The molecule has 1 amide bonds. The molecule has 0 aromatic heterocycles. The minimum Gasteiger partial charge on any atom is -0.493 e. The summed E-state index contributed by atoms with van der Waals surface area (Å²) in [6.07, 6.45) is 0. The van der Waals surface area contributed by atoms with Crippen LogP contribution in [0.3, 0.4) is 0 Å². The van der Waals surface area contributed by atoms with E-state index in [4.69, 9.17) is 21.1 Å². The van der Waals surface area contributed by atoms with Crippen LogP contribution in [0.5, 0.6) is 11.5 Å². The molecule has 116 valence electrons. The molecule has 0 aliphatic rings. The number of carbonyl (C=O) groups excluding carboxylic acids is 1. The van der Waals surface area contributed by atoms with Gasteiger partial charge in [-0.1, -0.05) is 11.6 Å². The summed E-state index contributed by atoms with van der Waals surface area (Å²) in [4.78, 5) is 12.2. The Morgan fingerprint density at radius 1 is 1.23 bits per heavy atom. The van der Waals surface area contributed by atoms with Crippen molar-refractivity contribution in [1.29, 1.82) is 0 Å². The van der Waals surface area contributed by atoms with Gasteiger partial charge in [0.2, 0.25) is 0 Å². The van der Waals surface area contributed by atoms with Crippen LogP contribution in [0.1, 0.15) is 17.3 Å². The maximum absolute atomic E-state index is 13.1. The second kappa shape index (κ2) is 7.13. The molecule has 2 aromatic carbocycles. The predicted octanol–water partition coefficient (Wildman–Crippen LogP) is 4.14.